The highest BCUT2D eigenvalue weighted by Gasteiger charge is 2.36. The molecule has 3 aliphatic rings. The topological polar surface area (TPSA) is 229 Å². The van der Waals surface area contributed by atoms with E-state index in [9.17, 15) is 19.2 Å². The number of hydrogen-bond acceptors (Lipinski definition) is 13. The number of nitrogens with one attached hydrogen (secondary N) is 3. The summed E-state index contributed by atoms with van der Waals surface area (Å²) in [7, 11) is 1.52. The van der Waals surface area contributed by atoms with Gasteiger partial charge in [0.2, 0.25) is 11.8 Å². The number of ether oxygens (including phenoxy) is 3. The molecule has 1 fully saturated rings. The molecule has 19 heteroatoms. The molecule has 0 radical (unpaired) electrons. The maximum absolute atomic E-state index is 13.9. The van der Waals surface area contributed by atoms with E-state index in [2.05, 4.69) is 31.0 Å². The Morgan fingerprint density at radius 1 is 0.823 bits per heavy atom. The lowest BCUT2D eigenvalue weighted by molar-refractivity contribution is 0.0358. The number of hydrogen-bond donors (Lipinski definition) is 5. The van der Waals surface area contributed by atoms with Gasteiger partial charge in [-0.15, -0.1) is 0 Å². The third-order valence-electron chi connectivity index (χ3n) is 11.2. The Kier molecular flexibility index (Phi) is 13.3. The molecule has 62 heavy (non-hydrogen) atoms. The number of primary amides is 2. The summed E-state index contributed by atoms with van der Waals surface area (Å²) < 4.78 is 21.0. The Morgan fingerprint density at radius 2 is 1.42 bits per heavy atom. The number of nitrogens with two attached hydrogens (primary N) is 2. The number of methoxy groups -OCH3 is 1. The van der Waals surface area contributed by atoms with Gasteiger partial charge in [0, 0.05) is 63.4 Å². The van der Waals surface area contributed by atoms with Crippen LogP contribution in [0, 0.1) is 13.8 Å². The van der Waals surface area contributed by atoms with Gasteiger partial charge in [0.05, 0.1) is 49.7 Å². The van der Waals surface area contributed by atoms with Crippen molar-refractivity contribution in [2.75, 3.05) is 74.8 Å². The van der Waals surface area contributed by atoms with Crippen LogP contribution < -0.4 is 46.7 Å². The van der Waals surface area contributed by atoms with E-state index in [-0.39, 0.29) is 23.9 Å². The smallest absolute Gasteiger partial charge is 0.272 e. The minimum Gasteiger partial charge on any atom is -0.495 e. The summed E-state index contributed by atoms with van der Waals surface area (Å²) in [5.74, 6) is -0.958. The number of fused-ring (bicyclic) bond motifs is 2. The van der Waals surface area contributed by atoms with Crippen molar-refractivity contribution in [2.45, 2.75) is 66.1 Å². The Balaban J connectivity index is 1.18. The molecule has 330 valence electrons. The van der Waals surface area contributed by atoms with Crippen LogP contribution in [-0.2, 0) is 24.2 Å². The fourth-order valence-electron chi connectivity index (χ4n) is 8.23. The van der Waals surface area contributed by atoms with Crippen molar-refractivity contribution in [1.82, 2.24) is 35.1 Å². The SMILES string of the molecule is CCn1nc(C)cc1C(=O)NC1Cc2cc(C(N)=O)cc(OC)c2N1C/C=C/CN1c2c(cc(C(N)=O)cc2OCCCN2CCOCC2)NC1NC(=O)c1cc(C)nn1CC. The number of anilines is 3. The second kappa shape index (κ2) is 19.0. The molecule has 2 aromatic carbocycles. The van der Waals surface area contributed by atoms with E-state index in [0.29, 0.717) is 91.4 Å². The normalized spacial score (nSPS) is 17.2. The van der Waals surface area contributed by atoms with E-state index in [4.69, 9.17) is 25.7 Å². The van der Waals surface area contributed by atoms with Gasteiger partial charge >= 0.3 is 0 Å². The third-order valence-corrected chi connectivity index (χ3v) is 11.2. The van der Waals surface area contributed by atoms with Gasteiger partial charge < -0.3 is 51.4 Å². The highest BCUT2D eigenvalue weighted by atomic mass is 16.5. The molecular weight excluding hydrogens is 797 g/mol. The van der Waals surface area contributed by atoms with Crippen molar-refractivity contribution >= 4 is 40.7 Å². The zero-order valence-corrected chi connectivity index (χ0v) is 35.9. The lowest BCUT2D eigenvalue weighted by atomic mass is 10.1. The molecule has 5 heterocycles. The minimum atomic E-state index is -0.764. The number of rotatable bonds is 18. The van der Waals surface area contributed by atoms with Crippen LogP contribution in [-0.4, -0.2) is 120 Å². The molecule has 7 rings (SSSR count). The average molecular weight is 853 g/mol. The molecule has 2 aromatic heterocycles. The van der Waals surface area contributed by atoms with Gasteiger partial charge in [-0.2, -0.15) is 10.2 Å². The van der Waals surface area contributed by atoms with Crippen LogP contribution in [0.2, 0.25) is 0 Å². The fourth-order valence-corrected chi connectivity index (χ4v) is 8.23. The second-order valence-corrected chi connectivity index (χ2v) is 15.4. The minimum absolute atomic E-state index is 0.257. The van der Waals surface area contributed by atoms with Crippen LogP contribution in [0.1, 0.15) is 78.9 Å². The molecule has 4 aromatic rings. The molecule has 3 aliphatic heterocycles. The van der Waals surface area contributed by atoms with Crippen molar-refractivity contribution < 1.29 is 33.4 Å². The fraction of sp³-hybridized carbons (Fsp3) is 0.442. The first-order valence-corrected chi connectivity index (χ1v) is 21.0. The maximum Gasteiger partial charge on any atom is 0.272 e. The number of morpholine rings is 1. The molecule has 7 N–H and O–H groups in total. The summed E-state index contributed by atoms with van der Waals surface area (Å²) in [6.45, 7) is 13.4. The molecule has 2 unspecified atom stereocenters. The first-order chi connectivity index (χ1) is 29.9. The van der Waals surface area contributed by atoms with Crippen molar-refractivity contribution in [3.63, 3.8) is 0 Å². The summed E-state index contributed by atoms with van der Waals surface area (Å²) in [5, 5.41) is 18.6. The summed E-state index contributed by atoms with van der Waals surface area (Å²) in [6, 6.07) is 10.1. The number of benzene rings is 2. The van der Waals surface area contributed by atoms with Crippen LogP contribution in [0.15, 0.2) is 48.6 Å². The number of aryl methyl sites for hydroxylation is 4. The summed E-state index contributed by atoms with van der Waals surface area (Å²) in [6.07, 6.45) is 3.76. The van der Waals surface area contributed by atoms with Crippen LogP contribution in [0.4, 0.5) is 17.1 Å². The zero-order chi connectivity index (χ0) is 44.1. The summed E-state index contributed by atoms with van der Waals surface area (Å²) >= 11 is 0. The van der Waals surface area contributed by atoms with E-state index in [1.807, 2.05) is 49.6 Å². The molecule has 1 saturated heterocycles. The van der Waals surface area contributed by atoms with Crippen molar-refractivity contribution in [1.29, 1.82) is 0 Å². The largest absolute Gasteiger partial charge is 0.495 e. The van der Waals surface area contributed by atoms with E-state index < -0.39 is 24.3 Å². The predicted octanol–water partition coefficient (Wildman–Crippen LogP) is 2.36. The maximum atomic E-state index is 13.9. The lowest BCUT2D eigenvalue weighted by Gasteiger charge is -2.29. The molecule has 0 spiro atoms. The van der Waals surface area contributed by atoms with Crippen LogP contribution in [0.5, 0.6) is 11.5 Å². The number of amides is 4. The Morgan fingerprint density at radius 3 is 2.03 bits per heavy atom. The Bertz CT molecular complexity index is 2350. The number of carbonyl (C=O) groups excluding carboxylic acids is 4. The Labute approximate surface area is 360 Å². The second-order valence-electron chi connectivity index (χ2n) is 15.4. The number of aromatic nitrogens is 4. The molecule has 0 bridgehead atoms. The number of carbonyl (C=O) groups is 4. The summed E-state index contributed by atoms with van der Waals surface area (Å²) in [4.78, 5) is 58.8. The zero-order valence-electron chi connectivity index (χ0n) is 35.9. The van der Waals surface area contributed by atoms with Gasteiger partial charge in [-0.05, 0) is 76.1 Å². The molecule has 19 nitrogen and oxygen atoms in total. The quantitative estimate of drug-likeness (QED) is 0.0717. The van der Waals surface area contributed by atoms with Crippen molar-refractivity contribution in [2.24, 2.45) is 11.5 Å². The average Bonchev–Trinajstić information content (AvgIpc) is 4.03. The first kappa shape index (κ1) is 43.5. The van der Waals surface area contributed by atoms with Crippen LogP contribution in [0.25, 0.3) is 0 Å². The van der Waals surface area contributed by atoms with Crippen molar-refractivity contribution in [3.05, 3.63) is 88.0 Å². The molecule has 0 aliphatic carbocycles. The highest BCUT2D eigenvalue weighted by Crippen LogP contribution is 2.44. The highest BCUT2D eigenvalue weighted by molar-refractivity contribution is 5.99. The van der Waals surface area contributed by atoms with Gasteiger partial charge in [0.25, 0.3) is 11.8 Å². The van der Waals surface area contributed by atoms with Gasteiger partial charge in [-0.25, -0.2) is 0 Å². The molecule has 0 saturated carbocycles. The summed E-state index contributed by atoms with van der Waals surface area (Å²) in [5.41, 5.74) is 17.1. The van der Waals surface area contributed by atoms with E-state index in [1.54, 1.807) is 45.8 Å². The van der Waals surface area contributed by atoms with Gasteiger partial charge in [0.15, 0.2) is 6.29 Å². The first-order valence-electron chi connectivity index (χ1n) is 21.0. The van der Waals surface area contributed by atoms with Gasteiger partial charge in [-0.3, -0.25) is 33.4 Å². The van der Waals surface area contributed by atoms with Gasteiger partial charge in [0.1, 0.15) is 34.7 Å². The lowest BCUT2D eigenvalue weighted by Crippen LogP contribution is -2.50. The van der Waals surface area contributed by atoms with E-state index >= 15 is 0 Å². The predicted molar refractivity (Wildman–Crippen MR) is 233 cm³/mol. The van der Waals surface area contributed by atoms with E-state index in [0.717, 1.165) is 43.0 Å². The van der Waals surface area contributed by atoms with Crippen LogP contribution >= 0.6 is 0 Å². The molecule has 2 atom stereocenters. The van der Waals surface area contributed by atoms with Crippen LogP contribution in [0.3, 0.4) is 0 Å². The van der Waals surface area contributed by atoms with Gasteiger partial charge in [-0.1, -0.05) is 12.2 Å². The Hall–Kier alpha value is -6.60. The number of nitrogens with zero attached hydrogens (tertiary/aromatic N) is 7. The van der Waals surface area contributed by atoms with Crippen molar-refractivity contribution in [3.8, 4) is 11.5 Å². The molecule has 4 amide bonds. The standard InChI is InChI=1S/C43H56N12O7/c1-6-54-32(19-26(3)49-54)41(58)47-36-25-28-21-29(39(44)56)23-34(60-5)37(28)52(36)12-8-9-13-53-38-31(46-43(53)48-42(59)33-20-27(4)50-55(33)7-2)22-30(40(45)57)24-35(38)62-16-10-11-51-14-17-61-18-15-51/h8-9,19-24,36,43,46H,6-7,10-18,25H2,1-5H3,(H2,44,56)(H2,45,57)(H,47,58)(H,48,59)/b9-8+. The molecular formula is C43H56N12O7. The monoisotopic (exact) mass is 852 g/mol. The third kappa shape index (κ3) is 9.32. The van der Waals surface area contributed by atoms with E-state index in [1.165, 1.54) is 7.11 Å².